The molecule has 1 saturated carbocycles. The lowest BCUT2D eigenvalue weighted by molar-refractivity contribution is 0.0722. The van der Waals surface area contributed by atoms with Crippen LogP contribution in [-0.2, 0) is 9.47 Å². The van der Waals surface area contributed by atoms with Gasteiger partial charge in [-0.25, -0.2) is 0 Å². The minimum atomic E-state index is 0.560. The maximum Gasteiger partial charge on any atom is 0.0644 e. The molecule has 3 heteroatoms. The van der Waals surface area contributed by atoms with Crippen molar-refractivity contribution in [2.24, 2.45) is 11.8 Å². The van der Waals surface area contributed by atoms with Crippen molar-refractivity contribution < 1.29 is 9.47 Å². The Morgan fingerprint density at radius 2 is 2.21 bits per heavy atom. The summed E-state index contributed by atoms with van der Waals surface area (Å²) >= 11 is 0. The van der Waals surface area contributed by atoms with E-state index in [2.05, 4.69) is 5.32 Å². The van der Waals surface area contributed by atoms with E-state index in [-0.39, 0.29) is 0 Å². The highest BCUT2D eigenvalue weighted by Crippen LogP contribution is 2.41. The molecule has 82 valence electrons. The lowest BCUT2D eigenvalue weighted by atomic mass is 9.98. The Morgan fingerprint density at radius 3 is 2.93 bits per heavy atom. The quantitative estimate of drug-likeness (QED) is 0.648. The molecule has 2 fully saturated rings. The third kappa shape index (κ3) is 2.69. The lowest BCUT2D eigenvalue weighted by Gasteiger charge is -2.18. The summed E-state index contributed by atoms with van der Waals surface area (Å²) in [7, 11) is 1.74. The van der Waals surface area contributed by atoms with Crippen LogP contribution < -0.4 is 5.32 Å². The first kappa shape index (κ1) is 10.4. The second-order valence-corrected chi connectivity index (χ2v) is 4.42. The van der Waals surface area contributed by atoms with E-state index >= 15 is 0 Å². The van der Waals surface area contributed by atoms with Crippen LogP contribution in [0.4, 0.5) is 0 Å². The molecule has 0 aromatic rings. The summed E-state index contributed by atoms with van der Waals surface area (Å²) in [4.78, 5) is 0. The summed E-state index contributed by atoms with van der Waals surface area (Å²) in [5.41, 5.74) is 0. The molecule has 2 unspecified atom stereocenters. The summed E-state index contributed by atoms with van der Waals surface area (Å²) in [6.45, 7) is 3.84. The van der Waals surface area contributed by atoms with E-state index in [1.165, 1.54) is 19.3 Å². The van der Waals surface area contributed by atoms with Gasteiger partial charge in [0.2, 0.25) is 0 Å². The second-order valence-electron chi connectivity index (χ2n) is 4.42. The van der Waals surface area contributed by atoms with Crippen LogP contribution >= 0.6 is 0 Å². The highest BCUT2D eigenvalue weighted by Gasteiger charge is 2.40. The van der Waals surface area contributed by atoms with Gasteiger partial charge >= 0.3 is 0 Å². The van der Waals surface area contributed by atoms with Crippen LogP contribution in [-0.4, -0.2) is 39.5 Å². The van der Waals surface area contributed by atoms with Gasteiger partial charge in [-0.2, -0.15) is 0 Å². The summed E-state index contributed by atoms with van der Waals surface area (Å²) < 4.78 is 10.8. The van der Waals surface area contributed by atoms with E-state index in [1.54, 1.807) is 7.11 Å². The summed E-state index contributed by atoms with van der Waals surface area (Å²) in [6.07, 6.45) is 4.57. The molecule has 3 nitrogen and oxygen atoms in total. The molecule has 14 heavy (non-hydrogen) atoms. The van der Waals surface area contributed by atoms with E-state index in [1.807, 2.05) is 0 Å². The second kappa shape index (κ2) is 5.10. The molecule has 1 heterocycles. The monoisotopic (exact) mass is 199 g/mol. The first-order valence-corrected chi connectivity index (χ1v) is 5.73. The van der Waals surface area contributed by atoms with Gasteiger partial charge in [0.25, 0.3) is 0 Å². The van der Waals surface area contributed by atoms with Gasteiger partial charge in [0.15, 0.2) is 0 Å². The minimum Gasteiger partial charge on any atom is -0.383 e. The van der Waals surface area contributed by atoms with E-state index in [4.69, 9.17) is 9.47 Å². The van der Waals surface area contributed by atoms with Crippen molar-refractivity contribution in [2.75, 3.05) is 33.4 Å². The Bertz CT molecular complexity index is 171. The Labute approximate surface area is 86.2 Å². The Morgan fingerprint density at radius 1 is 1.36 bits per heavy atom. The molecular weight excluding hydrogens is 178 g/mol. The normalized spacial score (nSPS) is 32.4. The summed E-state index contributed by atoms with van der Waals surface area (Å²) in [5.74, 6) is 1.63. The van der Waals surface area contributed by atoms with Crippen LogP contribution in [0.5, 0.6) is 0 Å². The molecular formula is C11H21NO2. The molecule has 1 aliphatic carbocycles. The molecule has 2 atom stereocenters. The number of nitrogens with one attached hydrogen (secondary N) is 1. The van der Waals surface area contributed by atoms with Crippen LogP contribution in [0.2, 0.25) is 0 Å². The number of methoxy groups -OCH3 is 1. The Hall–Kier alpha value is -0.120. The third-order valence-corrected chi connectivity index (χ3v) is 3.24. The third-order valence-electron chi connectivity index (χ3n) is 3.24. The van der Waals surface area contributed by atoms with Crippen molar-refractivity contribution in [1.29, 1.82) is 0 Å². The molecule has 2 aliphatic rings. The smallest absolute Gasteiger partial charge is 0.0644 e. The topological polar surface area (TPSA) is 30.5 Å². The number of ether oxygens (including phenoxy) is 2. The van der Waals surface area contributed by atoms with Crippen molar-refractivity contribution in [1.82, 2.24) is 5.32 Å². The predicted octanol–water partition coefficient (Wildman–Crippen LogP) is 1.04. The summed E-state index contributed by atoms with van der Waals surface area (Å²) in [6, 6.07) is 0. The summed E-state index contributed by atoms with van der Waals surface area (Å²) in [5, 5.41) is 3.44. The van der Waals surface area contributed by atoms with E-state index in [9.17, 15) is 0 Å². The lowest BCUT2D eigenvalue weighted by Crippen LogP contribution is -2.31. The highest BCUT2D eigenvalue weighted by molar-refractivity contribution is 4.90. The van der Waals surface area contributed by atoms with Gasteiger partial charge in [0, 0.05) is 32.7 Å². The Balaban J connectivity index is 1.63. The van der Waals surface area contributed by atoms with Gasteiger partial charge in [-0.05, 0) is 25.2 Å². The fourth-order valence-electron chi connectivity index (χ4n) is 2.28. The molecule has 1 saturated heterocycles. The van der Waals surface area contributed by atoms with Crippen molar-refractivity contribution >= 4 is 0 Å². The maximum atomic E-state index is 5.78. The standard InChI is InChI=1S/C11H21NO2/c1-13-7-5-12-8-10-4-6-14-11(10)9-2-3-9/h9-12H,2-8H2,1H3. The van der Waals surface area contributed by atoms with Crippen LogP contribution in [0.15, 0.2) is 0 Å². The number of rotatable bonds is 6. The van der Waals surface area contributed by atoms with Crippen LogP contribution in [0.25, 0.3) is 0 Å². The largest absolute Gasteiger partial charge is 0.383 e. The fourth-order valence-corrected chi connectivity index (χ4v) is 2.28. The zero-order valence-electron chi connectivity index (χ0n) is 9.00. The average molecular weight is 199 g/mol. The fraction of sp³-hybridized carbons (Fsp3) is 1.00. The molecule has 1 N–H and O–H groups in total. The predicted molar refractivity (Wildman–Crippen MR) is 55.3 cm³/mol. The zero-order valence-corrected chi connectivity index (χ0v) is 9.00. The van der Waals surface area contributed by atoms with Gasteiger partial charge in [-0.1, -0.05) is 0 Å². The van der Waals surface area contributed by atoms with Crippen LogP contribution in [0, 0.1) is 11.8 Å². The van der Waals surface area contributed by atoms with Gasteiger partial charge < -0.3 is 14.8 Å². The molecule has 0 bridgehead atoms. The zero-order chi connectivity index (χ0) is 9.80. The van der Waals surface area contributed by atoms with Gasteiger partial charge in [0.1, 0.15) is 0 Å². The molecule has 1 aliphatic heterocycles. The average Bonchev–Trinajstić information content (AvgIpc) is 2.94. The van der Waals surface area contributed by atoms with Crippen molar-refractivity contribution in [3.63, 3.8) is 0 Å². The van der Waals surface area contributed by atoms with Crippen molar-refractivity contribution in [3.05, 3.63) is 0 Å². The van der Waals surface area contributed by atoms with Crippen molar-refractivity contribution in [3.8, 4) is 0 Å². The van der Waals surface area contributed by atoms with Gasteiger partial charge in [0.05, 0.1) is 12.7 Å². The van der Waals surface area contributed by atoms with Gasteiger partial charge in [-0.3, -0.25) is 0 Å². The van der Waals surface area contributed by atoms with Gasteiger partial charge in [-0.15, -0.1) is 0 Å². The van der Waals surface area contributed by atoms with Crippen LogP contribution in [0.3, 0.4) is 0 Å². The van der Waals surface area contributed by atoms with Crippen LogP contribution in [0.1, 0.15) is 19.3 Å². The minimum absolute atomic E-state index is 0.560. The molecule has 0 aromatic heterocycles. The Kier molecular flexibility index (Phi) is 3.79. The van der Waals surface area contributed by atoms with E-state index in [0.717, 1.165) is 38.1 Å². The molecule has 0 spiro atoms. The van der Waals surface area contributed by atoms with E-state index in [0.29, 0.717) is 6.10 Å². The molecule has 0 radical (unpaired) electrons. The molecule has 0 amide bonds. The molecule has 2 rings (SSSR count). The van der Waals surface area contributed by atoms with Crippen molar-refractivity contribution in [2.45, 2.75) is 25.4 Å². The first-order chi connectivity index (χ1) is 6.92. The maximum absolute atomic E-state index is 5.78. The number of hydrogen-bond acceptors (Lipinski definition) is 3. The van der Waals surface area contributed by atoms with E-state index < -0.39 is 0 Å². The number of hydrogen-bond donors (Lipinski definition) is 1. The first-order valence-electron chi connectivity index (χ1n) is 5.73. The molecule has 0 aromatic carbocycles. The highest BCUT2D eigenvalue weighted by atomic mass is 16.5. The SMILES string of the molecule is COCCNCC1CCOC1C1CC1.